The monoisotopic (exact) mass is 459 g/mol. The number of nitrogens with zero attached hydrogens (tertiary/aromatic N) is 1. The second-order valence-electron chi connectivity index (χ2n) is 8.65. The molecule has 3 aliphatic heterocycles. The van der Waals surface area contributed by atoms with Crippen molar-refractivity contribution in [2.75, 3.05) is 4.90 Å². The fraction of sp³-hybridized carbons (Fsp3) is 0.500. The summed E-state index contributed by atoms with van der Waals surface area (Å²) in [6.45, 7) is 1.47. The van der Waals surface area contributed by atoms with Crippen LogP contribution < -0.4 is 15.5 Å². The molecule has 4 rings (SSSR count). The zero-order valence-corrected chi connectivity index (χ0v) is 17.9. The van der Waals surface area contributed by atoms with Crippen LogP contribution in [0.2, 0.25) is 0 Å². The molecule has 11 nitrogen and oxygen atoms in total. The number of aliphatic carboxylic acids is 1. The zero-order valence-electron chi connectivity index (χ0n) is 17.9. The number of aliphatic hydroxyl groups is 1. The smallest absolute Gasteiger partial charge is 0.310 e. The van der Waals surface area contributed by atoms with E-state index in [1.807, 2.05) is 18.2 Å². The van der Waals surface area contributed by atoms with E-state index in [9.17, 15) is 29.1 Å². The first-order valence-electron chi connectivity index (χ1n) is 10.8. The summed E-state index contributed by atoms with van der Waals surface area (Å²) in [4.78, 5) is 62.8. The van der Waals surface area contributed by atoms with Crippen LogP contribution in [0.3, 0.4) is 0 Å². The molecular weight excluding hydrogens is 434 g/mol. The van der Waals surface area contributed by atoms with Crippen LogP contribution in [0, 0.1) is 5.92 Å². The molecule has 3 amide bonds. The van der Waals surface area contributed by atoms with Gasteiger partial charge < -0.3 is 25.6 Å². The van der Waals surface area contributed by atoms with Crippen LogP contribution in [0.1, 0.15) is 37.3 Å². The molecule has 1 fully saturated rings. The summed E-state index contributed by atoms with van der Waals surface area (Å²) in [5.74, 6) is -4.13. The summed E-state index contributed by atoms with van der Waals surface area (Å²) in [6, 6.07) is 2.77. The van der Waals surface area contributed by atoms with E-state index in [2.05, 4.69) is 15.4 Å². The molecule has 1 saturated heterocycles. The maximum Gasteiger partial charge on any atom is 0.310 e. The van der Waals surface area contributed by atoms with Gasteiger partial charge in [0.2, 0.25) is 24.0 Å². The average molecular weight is 459 g/mol. The number of carbonyl (C=O) groups is 5. The Kier molecular flexibility index (Phi) is 6.07. The molecule has 1 unspecified atom stereocenters. The molecular formula is C22H25N3O8. The molecule has 1 aromatic carbocycles. The van der Waals surface area contributed by atoms with Crippen molar-refractivity contribution in [1.29, 1.82) is 0 Å². The normalized spacial score (nSPS) is 26.8. The van der Waals surface area contributed by atoms with E-state index in [1.165, 1.54) is 11.8 Å². The van der Waals surface area contributed by atoms with Crippen LogP contribution in [0.15, 0.2) is 18.2 Å². The number of aryl methyl sites for hydroxylation is 1. The van der Waals surface area contributed by atoms with Crippen molar-refractivity contribution >= 4 is 35.3 Å². The number of hydrogen-bond donors (Lipinski definition) is 4. The number of rotatable bonds is 6. The predicted molar refractivity (Wildman–Crippen MR) is 112 cm³/mol. The lowest BCUT2D eigenvalue weighted by Crippen LogP contribution is -2.56. The second kappa shape index (κ2) is 8.81. The molecule has 5 atom stereocenters. The van der Waals surface area contributed by atoms with Crippen LogP contribution in [0.5, 0.6) is 0 Å². The fourth-order valence-corrected chi connectivity index (χ4v) is 4.59. The van der Waals surface area contributed by atoms with Crippen LogP contribution in [0.4, 0.5) is 5.69 Å². The molecule has 0 radical (unpaired) electrons. The van der Waals surface area contributed by atoms with Crippen molar-refractivity contribution in [3.8, 4) is 0 Å². The molecule has 0 bridgehead atoms. The molecule has 0 saturated carbocycles. The standard InChI is InChI=1S/C22H25N3O8/c1-10(7-16(26)27)19(29)23-13-6-5-11-3-2-4-12-8-15(25(18(11)12)21(13)31)20(30)24-14-9-17(28)33-22(14)32/h2-4,10,13-15,22,32H,5-9H2,1H3,(H,23,29)(H,24,30)(H,26,27)/t10-,13-,14-,15-,22?/m0/s1. The largest absolute Gasteiger partial charge is 0.481 e. The summed E-state index contributed by atoms with van der Waals surface area (Å²) in [5, 5.41) is 24.0. The maximum absolute atomic E-state index is 13.5. The Balaban J connectivity index is 1.57. The van der Waals surface area contributed by atoms with Gasteiger partial charge in [0.1, 0.15) is 18.1 Å². The number of hydrogen-bond acceptors (Lipinski definition) is 7. The summed E-state index contributed by atoms with van der Waals surface area (Å²) in [7, 11) is 0. The number of amides is 3. The number of benzene rings is 1. The molecule has 4 N–H and O–H groups in total. The third-order valence-corrected chi connectivity index (χ3v) is 6.27. The SMILES string of the molecule is C[C@@H](CC(=O)O)C(=O)N[C@H]1CCc2cccc3c2N(C1=O)[C@H](C(=O)N[C@H]1CC(=O)OC1O)C3. The highest BCUT2D eigenvalue weighted by Crippen LogP contribution is 2.39. The minimum absolute atomic E-state index is 0.175. The molecule has 176 valence electrons. The number of esters is 1. The molecule has 0 aromatic heterocycles. The number of ether oxygens (including phenoxy) is 1. The number of para-hydroxylation sites is 1. The lowest BCUT2D eigenvalue weighted by molar-refractivity contribution is -0.155. The first-order valence-corrected chi connectivity index (χ1v) is 10.8. The predicted octanol–water partition coefficient (Wildman–Crippen LogP) is -0.764. The van der Waals surface area contributed by atoms with E-state index in [4.69, 9.17) is 5.11 Å². The lowest BCUT2D eigenvalue weighted by Gasteiger charge is -2.29. The number of aliphatic hydroxyl groups excluding tert-OH is 1. The van der Waals surface area contributed by atoms with E-state index < -0.39 is 60.0 Å². The number of anilines is 1. The highest BCUT2D eigenvalue weighted by molar-refractivity contribution is 6.08. The topological polar surface area (TPSA) is 162 Å². The number of cyclic esters (lactones) is 1. The van der Waals surface area contributed by atoms with E-state index >= 15 is 0 Å². The van der Waals surface area contributed by atoms with Gasteiger partial charge in [0, 0.05) is 12.3 Å². The molecule has 3 heterocycles. The average Bonchev–Trinajstić information content (AvgIpc) is 3.25. The van der Waals surface area contributed by atoms with Gasteiger partial charge in [-0.25, -0.2) is 0 Å². The third kappa shape index (κ3) is 4.40. The molecule has 33 heavy (non-hydrogen) atoms. The lowest BCUT2D eigenvalue weighted by atomic mass is 10.0. The van der Waals surface area contributed by atoms with Gasteiger partial charge in [0.05, 0.1) is 18.5 Å². The van der Waals surface area contributed by atoms with Crippen molar-refractivity contribution in [3.63, 3.8) is 0 Å². The Hall–Kier alpha value is -3.47. The Bertz CT molecular complexity index is 1020. The Labute approximate surface area is 189 Å². The van der Waals surface area contributed by atoms with Crippen LogP contribution in [0.25, 0.3) is 0 Å². The molecule has 11 heteroatoms. The van der Waals surface area contributed by atoms with E-state index in [0.29, 0.717) is 18.5 Å². The zero-order chi connectivity index (χ0) is 23.9. The van der Waals surface area contributed by atoms with Crippen molar-refractivity contribution in [3.05, 3.63) is 29.3 Å². The Morgan fingerprint density at radius 1 is 1.18 bits per heavy atom. The van der Waals surface area contributed by atoms with E-state index in [1.54, 1.807) is 0 Å². The van der Waals surface area contributed by atoms with Crippen LogP contribution >= 0.6 is 0 Å². The maximum atomic E-state index is 13.5. The molecule has 3 aliphatic rings. The second-order valence-corrected chi connectivity index (χ2v) is 8.65. The minimum Gasteiger partial charge on any atom is -0.481 e. The Morgan fingerprint density at radius 2 is 1.91 bits per heavy atom. The van der Waals surface area contributed by atoms with Crippen molar-refractivity contribution in [2.24, 2.45) is 5.92 Å². The molecule has 1 aromatic rings. The van der Waals surface area contributed by atoms with Gasteiger partial charge in [-0.15, -0.1) is 0 Å². The minimum atomic E-state index is -1.46. The highest BCUT2D eigenvalue weighted by atomic mass is 16.6. The van der Waals surface area contributed by atoms with Gasteiger partial charge in [-0.05, 0) is 24.0 Å². The fourth-order valence-electron chi connectivity index (χ4n) is 4.59. The number of carboxylic acids is 1. The molecule has 0 aliphatic carbocycles. The first kappa shape index (κ1) is 22.7. The van der Waals surface area contributed by atoms with Gasteiger partial charge in [-0.3, -0.25) is 28.9 Å². The summed E-state index contributed by atoms with van der Waals surface area (Å²) in [6.07, 6.45) is -0.961. The Morgan fingerprint density at radius 3 is 2.58 bits per heavy atom. The third-order valence-electron chi connectivity index (χ3n) is 6.27. The van der Waals surface area contributed by atoms with Crippen molar-refractivity contribution in [1.82, 2.24) is 10.6 Å². The van der Waals surface area contributed by atoms with Gasteiger partial charge in [-0.2, -0.15) is 0 Å². The van der Waals surface area contributed by atoms with Gasteiger partial charge in [0.25, 0.3) is 0 Å². The number of nitrogens with one attached hydrogen (secondary N) is 2. The summed E-state index contributed by atoms with van der Waals surface area (Å²) >= 11 is 0. The first-order chi connectivity index (χ1) is 15.7. The summed E-state index contributed by atoms with van der Waals surface area (Å²) in [5.41, 5.74) is 2.31. The highest BCUT2D eigenvalue weighted by Gasteiger charge is 2.45. The van der Waals surface area contributed by atoms with Gasteiger partial charge in [0.15, 0.2) is 0 Å². The van der Waals surface area contributed by atoms with E-state index in [-0.39, 0.29) is 19.3 Å². The van der Waals surface area contributed by atoms with Crippen LogP contribution in [-0.2, 0) is 41.6 Å². The molecule has 0 spiro atoms. The van der Waals surface area contributed by atoms with E-state index in [0.717, 1.165) is 11.1 Å². The van der Waals surface area contributed by atoms with Crippen molar-refractivity contribution in [2.45, 2.75) is 63.4 Å². The van der Waals surface area contributed by atoms with Gasteiger partial charge >= 0.3 is 11.9 Å². The van der Waals surface area contributed by atoms with Crippen LogP contribution in [-0.4, -0.2) is 64.3 Å². The van der Waals surface area contributed by atoms with Gasteiger partial charge in [-0.1, -0.05) is 25.1 Å². The quantitative estimate of drug-likeness (QED) is 0.403. The number of carboxylic acid groups (broad SMARTS) is 1. The number of carbonyl (C=O) groups excluding carboxylic acids is 4. The summed E-state index contributed by atoms with van der Waals surface area (Å²) < 4.78 is 4.67. The van der Waals surface area contributed by atoms with Crippen molar-refractivity contribution < 1.29 is 38.9 Å².